The van der Waals surface area contributed by atoms with Crippen LogP contribution in [0.25, 0.3) is 11.1 Å². The zero-order valence-electron chi connectivity index (χ0n) is 24.4. The van der Waals surface area contributed by atoms with Gasteiger partial charge in [0, 0.05) is 28.8 Å². The SMILES string of the molecule is CCC1NCN(c2ccc(-c3ccc(C(=O)N4CCCc5cc6c(cc54)C4(CCN(C)CC4)CO6)cc3)c(C)c2)O1. The third kappa shape index (κ3) is 4.70. The van der Waals surface area contributed by atoms with Crippen LogP contribution in [0.15, 0.2) is 54.6 Å². The van der Waals surface area contributed by atoms with Gasteiger partial charge in [-0.1, -0.05) is 25.1 Å². The van der Waals surface area contributed by atoms with Crippen molar-refractivity contribution >= 4 is 17.3 Å². The Bertz CT molecular complexity index is 1460. The normalized spacial score (nSPS) is 21.6. The van der Waals surface area contributed by atoms with E-state index in [0.717, 1.165) is 92.2 Å². The van der Waals surface area contributed by atoms with Crippen molar-refractivity contribution in [2.45, 2.75) is 57.6 Å². The van der Waals surface area contributed by atoms with E-state index in [-0.39, 0.29) is 17.6 Å². The molecule has 4 heterocycles. The van der Waals surface area contributed by atoms with Crippen LogP contribution in [0.5, 0.6) is 5.75 Å². The molecule has 3 aromatic carbocycles. The Hall–Kier alpha value is -3.39. The Balaban J connectivity index is 1.12. The lowest BCUT2D eigenvalue weighted by molar-refractivity contribution is 0.0763. The van der Waals surface area contributed by atoms with Gasteiger partial charge in [-0.15, -0.1) is 0 Å². The third-order valence-electron chi connectivity index (χ3n) is 9.59. The van der Waals surface area contributed by atoms with Crippen LogP contribution in [0.1, 0.15) is 59.7 Å². The summed E-state index contributed by atoms with van der Waals surface area (Å²) in [4.78, 5) is 24.3. The monoisotopic (exact) mass is 552 g/mol. The van der Waals surface area contributed by atoms with Crippen LogP contribution in [0.3, 0.4) is 0 Å². The minimum absolute atomic E-state index is 0.0663. The average molecular weight is 553 g/mol. The van der Waals surface area contributed by atoms with E-state index < -0.39 is 0 Å². The first-order chi connectivity index (χ1) is 19.9. The fourth-order valence-electron chi connectivity index (χ4n) is 6.97. The smallest absolute Gasteiger partial charge is 0.258 e. The quantitative estimate of drug-likeness (QED) is 0.452. The van der Waals surface area contributed by atoms with E-state index in [4.69, 9.17) is 9.57 Å². The number of anilines is 2. The van der Waals surface area contributed by atoms with Gasteiger partial charge < -0.3 is 14.5 Å². The molecule has 4 aliphatic rings. The Morgan fingerprint density at radius 3 is 2.59 bits per heavy atom. The van der Waals surface area contributed by atoms with Crippen molar-refractivity contribution in [2.24, 2.45) is 0 Å². The lowest BCUT2D eigenvalue weighted by atomic mass is 9.74. The van der Waals surface area contributed by atoms with Gasteiger partial charge in [-0.2, -0.15) is 0 Å². The summed E-state index contributed by atoms with van der Waals surface area (Å²) >= 11 is 0. The summed E-state index contributed by atoms with van der Waals surface area (Å²) in [6, 6.07) is 19.0. The summed E-state index contributed by atoms with van der Waals surface area (Å²) in [7, 11) is 2.20. The summed E-state index contributed by atoms with van der Waals surface area (Å²) in [6.07, 6.45) is 5.15. The standard InChI is InChI=1S/C34H40N4O3/c1-4-32-35-22-38(41-32)27-11-12-28(23(2)18-27)24-7-9-25(10-8-24)33(39)37-15-5-6-26-19-31-29(20-30(26)37)34(21-40-31)13-16-36(3)17-14-34/h7-12,18-20,32,35H,4-6,13-17,21-22H2,1-3H3. The van der Waals surface area contributed by atoms with Crippen molar-refractivity contribution in [2.75, 3.05) is 49.9 Å². The molecule has 2 saturated heterocycles. The molecule has 1 unspecified atom stereocenters. The number of likely N-dealkylation sites (tertiary alicyclic amines) is 1. The topological polar surface area (TPSA) is 57.3 Å². The molecule has 1 N–H and O–H groups in total. The second kappa shape index (κ2) is 10.5. The largest absolute Gasteiger partial charge is 0.492 e. The molecule has 4 aliphatic heterocycles. The molecule has 7 nitrogen and oxygen atoms in total. The number of hydrogen-bond donors (Lipinski definition) is 1. The first kappa shape index (κ1) is 26.5. The zero-order chi connectivity index (χ0) is 28.1. The van der Waals surface area contributed by atoms with Crippen LogP contribution in [0.2, 0.25) is 0 Å². The van der Waals surface area contributed by atoms with E-state index in [9.17, 15) is 4.79 Å². The molecule has 0 saturated carbocycles. The molecule has 0 bridgehead atoms. The molecule has 41 heavy (non-hydrogen) atoms. The minimum atomic E-state index is 0.0663. The molecule has 0 aliphatic carbocycles. The predicted octanol–water partition coefficient (Wildman–Crippen LogP) is 5.65. The van der Waals surface area contributed by atoms with E-state index in [2.05, 4.69) is 73.6 Å². The van der Waals surface area contributed by atoms with Gasteiger partial charge in [0.1, 0.15) is 12.0 Å². The van der Waals surface area contributed by atoms with Gasteiger partial charge in [-0.3, -0.25) is 14.9 Å². The lowest BCUT2D eigenvalue weighted by Gasteiger charge is -2.37. The highest BCUT2D eigenvalue weighted by atomic mass is 16.7. The Labute approximate surface area is 243 Å². The van der Waals surface area contributed by atoms with Crippen molar-refractivity contribution in [1.82, 2.24) is 10.2 Å². The van der Waals surface area contributed by atoms with Crippen LogP contribution in [-0.2, 0) is 16.7 Å². The van der Waals surface area contributed by atoms with E-state index in [1.165, 1.54) is 16.7 Å². The Morgan fingerprint density at radius 2 is 1.85 bits per heavy atom. The van der Waals surface area contributed by atoms with Crippen LogP contribution in [0.4, 0.5) is 11.4 Å². The number of hydrogen-bond acceptors (Lipinski definition) is 6. The lowest BCUT2D eigenvalue weighted by Crippen LogP contribution is -2.42. The predicted molar refractivity (Wildman–Crippen MR) is 163 cm³/mol. The molecule has 1 amide bonds. The van der Waals surface area contributed by atoms with Gasteiger partial charge in [0.2, 0.25) is 0 Å². The number of hydroxylamine groups is 1. The number of piperidine rings is 1. The molecule has 7 rings (SSSR count). The maximum atomic E-state index is 13.9. The van der Waals surface area contributed by atoms with Crippen molar-refractivity contribution in [3.63, 3.8) is 0 Å². The number of aryl methyl sites for hydroxylation is 2. The fraction of sp³-hybridized carbons (Fsp3) is 0.441. The van der Waals surface area contributed by atoms with Crippen LogP contribution < -0.4 is 20.0 Å². The second-order valence-electron chi connectivity index (χ2n) is 12.2. The number of benzene rings is 3. The van der Waals surface area contributed by atoms with E-state index >= 15 is 0 Å². The Morgan fingerprint density at radius 1 is 1.05 bits per heavy atom. The highest BCUT2D eigenvalue weighted by molar-refractivity contribution is 6.07. The number of ether oxygens (including phenoxy) is 1. The maximum absolute atomic E-state index is 13.9. The van der Waals surface area contributed by atoms with Crippen LogP contribution >= 0.6 is 0 Å². The van der Waals surface area contributed by atoms with Crippen molar-refractivity contribution in [3.8, 4) is 16.9 Å². The second-order valence-corrected chi connectivity index (χ2v) is 12.2. The molecular formula is C34H40N4O3. The van der Waals surface area contributed by atoms with Gasteiger partial charge in [-0.05, 0) is 118 Å². The third-order valence-corrected chi connectivity index (χ3v) is 9.59. The molecule has 1 spiro atoms. The molecule has 1 atom stereocenters. The van der Waals surface area contributed by atoms with E-state index in [1.54, 1.807) is 0 Å². The number of nitrogens with one attached hydrogen (secondary N) is 1. The first-order valence-electron chi connectivity index (χ1n) is 15.1. The summed E-state index contributed by atoms with van der Waals surface area (Å²) in [5.74, 6) is 1.11. The van der Waals surface area contributed by atoms with E-state index in [0.29, 0.717) is 6.67 Å². The number of fused-ring (bicyclic) bond motifs is 3. The molecular weight excluding hydrogens is 512 g/mol. The van der Waals surface area contributed by atoms with Crippen LogP contribution in [-0.4, -0.2) is 57.0 Å². The average Bonchev–Trinajstić information content (AvgIpc) is 3.62. The van der Waals surface area contributed by atoms with Crippen molar-refractivity contribution in [3.05, 3.63) is 76.9 Å². The number of nitrogens with zero attached hydrogens (tertiary/aromatic N) is 3. The molecule has 2 fully saturated rings. The number of carbonyl (C=O) groups is 1. The van der Waals surface area contributed by atoms with Crippen molar-refractivity contribution in [1.29, 1.82) is 0 Å². The fourth-order valence-corrected chi connectivity index (χ4v) is 6.97. The van der Waals surface area contributed by atoms with Gasteiger partial charge >= 0.3 is 0 Å². The molecule has 0 aromatic heterocycles. The highest BCUT2D eigenvalue weighted by Crippen LogP contribution is 2.48. The molecule has 3 aromatic rings. The van der Waals surface area contributed by atoms with Gasteiger partial charge in [0.15, 0.2) is 0 Å². The highest BCUT2D eigenvalue weighted by Gasteiger charge is 2.43. The number of carbonyl (C=O) groups excluding carboxylic acids is 1. The first-order valence-corrected chi connectivity index (χ1v) is 15.1. The minimum Gasteiger partial charge on any atom is -0.492 e. The van der Waals surface area contributed by atoms with Gasteiger partial charge in [-0.25, -0.2) is 5.06 Å². The van der Waals surface area contributed by atoms with Crippen molar-refractivity contribution < 1.29 is 14.4 Å². The molecule has 214 valence electrons. The summed E-state index contributed by atoms with van der Waals surface area (Å²) < 4.78 is 6.25. The summed E-state index contributed by atoms with van der Waals surface area (Å²) in [6.45, 7) is 8.59. The van der Waals surface area contributed by atoms with E-state index in [1.807, 2.05) is 22.1 Å². The van der Waals surface area contributed by atoms with Crippen LogP contribution in [0, 0.1) is 6.92 Å². The zero-order valence-corrected chi connectivity index (χ0v) is 24.4. The molecule has 7 heteroatoms. The summed E-state index contributed by atoms with van der Waals surface area (Å²) in [5, 5.41) is 5.28. The number of rotatable bonds is 4. The number of amides is 1. The molecule has 0 radical (unpaired) electrons. The Kier molecular flexibility index (Phi) is 6.76. The summed E-state index contributed by atoms with van der Waals surface area (Å²) in [5.41, 5.74) is 8.89. The maximum Gasteiger partial charge on any atom is 0.258 e. The van der Waals surface area contributed by atoms with Gasteiger partial charge in [0.05, 0.1) is 19.0 Å². The van der Waals surface area contributed by atoms with Gasteiger partial charge in [0.25, 0.3) is 5.91 Å².